The van der Waals surface area contributed by atoms with Crippen molar-refractivity contribution < 1.29 is 0 Å². The Morgan fingerprint density at radius 1 is 1.21 bits per heavy atom. The van der Waals surface area contributed by atoms with Gasteiger partial charge in [-0.2, -0.15) is 5.10 Å². The molecule has 19 heavy (non-hydrogen) atoms. The lowest BCUT2D eigenvalue weighted by Gasteiger charge is -2.16. The Hall–Kier alpha value is -2.43. The lowest BCUT2D eigenvalue weighted by Crippen LogP contribution is -2.11. The summed E-state index contributed by atoms with van der Waals surface area (Å²) >= 11 is 0. The van der Waals surface area contributed by atoms with E-state index in [0.717, 1.165) is 28.0 Å². The summed E-state index contributed by atoms with van der Waals surface area (Å²) in [6.07, 6.45) is 5.25. The van der Waals surface area contributed by atoms with E-state index in [1.54, 1.807) is 12.4 Å². The number of anilines is 1. The van der Waals surface area contributed by atoms with Gasteiger partial charge in [0.25, 0.3) is 0 Å². The highest BCUT2D eigenvalue weighted by Crippen LogP contribution is 2.25. The van der Waals surface area contributed by atoms with Crippen molar-refractivity contribution >= 4 is 16.6 Å². The molecule has 0 saturated heterocycles. The molecule has 1 atom stereocenters. The molecule has 0 radical (unpaired) electrons. The fourth-order valence-electron chi connectivity index (χ4n) is 2.23. The van der Waals surface area contributed by atoms with Crippen molar-refractivity contribution in [3.63, 3.8) is 0 Å². The van der Waals surface area contributed by atoms with Crippen LogP contribution in [0, 0.1) is 6.92 Å². The average Bonchev–Trinajstić information content (AvgIpc) is 2.88. The van der Waals surface area contributed by atoms with Gasteiger partial charge in [-0.05, 0) is 19.9 Å². The maximum atomic E-state index is 4.39. The van der Waals surface area contributed by atoms with Crippen molar-refractivity contribution in [2.75, 3.05) is 5.32 Å². The molecule has 1 aromatic carbocycles. The molecule has 0 aliphatic rings. The molecular formula is C14H15N5. The highest BCUT2D eigenvalue weighted by molar-refractivity contribution is 5.90. The van der Waals surface area contributed by atoms with Crippen molar-refractivity contribution in [3.05, 3.63) is 48.2 Å². The van der Waals surface area contributed by atoms with Gasteiger partial charge in [0, 0.05) is 17.8 Å². The minimum atomic E-state index is 0.0857. The first kappa shape index (κ1) is 11.6. The zero-order valence-electron chi connectivity index (χ0n) is 10.9. The average molecular weight is 253 g/mol. The quantitative estimate of drug-likeness (QED) is 0.753. The number of hydrogen-bond donors (Lipinski definition) is 2. The Bertz CT molecular complexity index is 704. The molecule has 3 aromatic rings. The standard InChI is InChI=1S/C14H15N5/c1-9-13(16-7-6-15-9)10(2)18-12-5-3-4-11-8-17-19-14(11)12/h3-8,10,18H,1-2H3,(H,17,19). The molecule has 0 bridgehead atoms. The number of aryl methyl sites for hydroxylation is 1. The molecule has 5 heteroatoms. The van der Waals surface area contributed by atoms with E-state index in [1.165, 1.54) is 0 Å². The van der Waals surface area contributed by atoms with Crippen molar-refractivity contribution in [1.82, 2.24) is 20.2 Å². The molecule has 2 N–H and O–H groups in total. The fourth-order valence-corrected chi connectivity index (χ4v) is 2.23. The van der Waals surface area contributed by atoms with Gasteiger partial charge in [0.15, 0.2) is 0 Å². The van der Waals surface area contributed by atoms with Gasteiger partial charge >= 0.3 is 0 Å². The summed E-state index contributed by atoms with van der Waals surface area (Å²) in [5, 5.41) is 11.6. The molecule has 3 rings (SSSR count). The first-order valence-electron chi connectivity index (χ1n) is 6.22. The Morgan fingerprint density at radius 2 is 2.05 bits per heavy atom. The summed E-state index contributed by atoms with van der Waals surface area (Å²) in [4.78, 5) is 8.66. The number of rotatable bonds is 3. The number of para-hydroxylation sites is 1. The van der Waals surface area contributed by atoms with Crippen LogP contribution in [0.3, 0.4) is 0 Å². The highest BCUT2D eigenvalue weighted by Gasteiger charge is 2.12. The predicted octanol–water partition coefficient (Wildman–Crippen LogP) is 2.83. The summed E-state index contributed by atoms with van der Waals surface area (Å²) in [5.41, 5.74) is 3.93. The molecule has 2 aromatic heterocycles. The first-order chi connectivity index (χ1) is 9.25. The molecule has 1 unspecified atom stereocenters. The fraction of sp³-hybridized carbons (Fsp3) is 0.214. The third kappa shape index (κ3) is 2.14. The minimum Gasteiger partial charge on any atom is -0.375 e. The monoisotopic (exact) mass is 253 g/mol. The van der Waals surface area contributed by atoms with E-state index in [4.69, 9.17) is 0 Å². The Labute approximate surface area is 111 Å². The number of aromatic amines is 1. The highest BCUT2D eigenvalue weighted by atomic mass is 15.1. The number of benzene rings is 1. The molecule has 96 valence electrons. The number of nitrogens with one attached hydrogen (secondary N) is 2. The normalized spacial score (nSPS) is 12.5. The van der Waals surface area contributed by atoms with E-state index in [2.05, 4.69) is 32.4 Å². The predicted molar refractivity (Wildman–Crippen MR) is 74.9 cm³/mol. The van der Waals surface area contributed by atoms with Gasteiger partial charge in [-0.15, -0.1) is 0 Å². The maximum absolute atomic E-state index is 4.39. The molecular weight excluding hydrogens is 238 g/mol. The summed E-state index contributed by atoms with van der Waals surface area (Å²) < 4.78 is 0. The van der Waals surface area contributed by atoms with Crippen LogP contribution in [0.2, 0.25) is 0 Å². The molecule has 0 spiro atoms. The molecule has 0 aliphatic carbocycles. The number of hydrogen-bond acceptors (Lipinski definition) is 4. The maximum Gasteiger partial charge on any atom is 0.0881 e. The van der Waals surface area contributed by atoms with Gasteiger partial charge in [-0.1, -0.05) is 12.1 Å². The van der Waals surface area contributed by atoms with Crippen LogP contribution >= 0.6 is 0 Å². The second-order valence-electron chi connectivity index (χ2n) is 4.53. The van der Waals surface area contributed by atoms with Crippen LogP contribution in [-0.2, 0) is 0 Å². The largest absolute Gasteiger partial charge is 0.375 e. The summed E-state index contributed by atoms with van der Waals surface area (Å²) in [6.45, 7) is 4.05. The summed E-state index contributed by atoms with van der Waals surface area (Å²) in [5.74, 6) is 0. The van der Waals surface area contributed by atoms with Crippen LogP contribution in [0.5, 0.6) is 0 Å². The molecule has 0 fully saturated rings. The smallest absolute Gasteiger partial charge is 0.0881 e. The molecule has 2 heterocycles. The topological polar surface area (TPSA) is 66.5 Å². The Kier molecular flexibility index (Phi) is 2.87. The van der Waals surface area contributed by atoms with Crippen LogP contribution in [0.15, 0.2) is 36.8 Å². The van der Waals surface area contributed by atoms with Gasteiger partial charge in [-0.3, -0.25) is 15.1 Å². The lowest BCUT2D eigenvalue weighted by atomic mass is 10.1. The first-order valence-corrected chi connectivity index (χ1v) is 6.22. The zero-order valence-corrected chi connectivity index (χ0v) is 10.9. The van der Waals surface area contributed by atoms with Crippen LogP contribution in [0.1, 0.15) is 24.4 Å². The van der Waals surface area contributed by atoms with Gasteiger partial charge in [0.2, 0.25) is 0 Å². The Balaban J connectivity index is 1.93. The lowest BCUT2D eigenvalue weighted by molar-refractivity contribution is 0.811. The number of fused-ring (bicyclic) bond motifs is 1. The number of H-pyrrole nitrogens is 1. The van der Waals surface area contributed by atoms with Crippen molar-refractivity contribution in [1.29, 1.82) is 0 Å². The third-order valence-corrected chi connectivity index (χ3v) is 3.18. The van der Waals surface area contributed by atoms with Crippen molar-refractivity contribution in [3.8, 4) is 0 Å². The third-order valence-electron chi connectivity index (χ3n) is 3.18. The molecule has 5 nitrogen and oxygen atoms in total. The summed E-state index contributed by atoms with van der Waals surface area (Å²) in [7, 11) is 0. The van der Waals surface area contributed by atoms with Crippen molar-refractivity contribution in [2.45, 2.75) is 19.9 Å². The zero-order chi connectivity index (χ0) is 13.2. The minimum absolute atomic E-state index is 0.0857. The van der Waals surface area contributed by atoms with Gasteiger partial charge < -0.3 is 5.32 Å². The SMILES string of the molecule is Cc1nccnc1C(C)Nc1cccc2cn[nH]c12. The van der Waals surface area contributed by atoms with E-state index in [1.807, 2.05) is 31.3 Å². The summed E-state index contributed by atoms with van der Waals surface area (Å²) in [6, 6.07) is 6.16. The molecule has 0 saturated carbocycles. The van der Waals surface area contributed by atoms with Crippen LogP contribution < -0.4 is 5.32 Å². The van der Waals surface area contributed by atoms with Crippen LogP contribution in [-0.4, -0.2) is 20.2 Å². The van der Waals surface area contributed by atoms with E-state index in [9.17, 15) is 0 Å². The van der Waals surface area contributed by atoms with Crippen molar-refractivity contribution in [2.24, 2.45) is 0 Å². The Morgan fingerprint density at radius 3 is 2.89 bits per heavy atom. The second kappa shape index (κ2) is 4.68. The van der Waals surface area contributed by atoms with E-state index < -0.39 is 0 Å². The van der Waals surface area contributed by atoms with E-state index in [0.29, 0.717) is 0 Å². The second-order valence-corrected chi connectivity index (χ2v) is 4.53. The van der Waals surface area contributed by atoms with Crippen LogP contribution in [0.25, 0.3) is 10.9 Å². The van der Waals surface area contributed by atoms with Crippen LogP contribution in [0.4, 0.5) is 5.69 Å². The number of nitrogens with zero attached hydrogens (tertiary/aromatic N) is 3. The van der Waals surface area contributed by atoms with E-state index >= 15 is 0 Å². The van der Waals surface area contributed by atoms with E-state index in [-0.39, 0.29) is 6.04 Å². The van der Waals surface area contributed by atoms with Gasteiger partial charge in [-0.25, -0.2) is 0 Å². The van der Waals surface area contributed by atoms with Gasteiger partial charge in [0.1, 0.15) is 0 Å². The number of aromatic nitrogens is 4. The molecule has 0 aliphatic heterocycles. The molecule has 0 amide bonds. The van der Waals surface area contributed by atoms with Gasteiger partial charge in [0.05, 0.1) is 34.8 Å².